The molecule has 1 aromatic carbocycles. The van der Waals surface area contributed by atoms with E-state index in [1.165, 1.54) is 12.1 Å². The SMILES string of the molecule is N#[N+]c1c([O-])oc2ccc(O)cc2c1=O. The molecule has 1 aromatic heterocycles. The van der Waals surface area contributed by atoms with Gasteiger partial charge in [0, 0.05) is 11.0 Å². The van der Waals surface area contributed by atoms with E-state index in [-0.39, 0.29) is 16.7 Å². The summed E-state index contributed by atoms with van der Waals surface area (Å²) in [7, 11) is 0. The van der Waals surface area contributed by atoms with Crippen LogP contribution in [0.1, 0.15) is 0 Å². The maximum Gasteiger partial charge on any atom is 0.454 e. The summed E-state index contributed by atoms with van der Waals surface area (Å²) in [6.07, 6.45) is 0. The number of diazo groups is 1. The average molecular weight is 204 g/mol. The number of phenolic OH excluding ortho intramolecular Hbond substituents is 1. The molecule has 0 saturated carbocycles. The molecule has 74 valence electrons. The Kier molecular flexibility index (Phi) is 1.80. The van der Waals surface area contributed by atoms with Gasteiger partial charge in [-0.3, -0.25) is 4.79 Å². The number of nitrogens with zero attached hydrogens (tertiary/aromatic N) is 2. The molecule has 0 unspecified atom stereocenters. The zero-order valence-corrected chi connectivity index (χ0v) is 7.30. The standard InChI is InChI=1S/C9H4N2O4/c10-11-7-8(13)5-3-4(12)1-2-6(5)15-9(7)14/h1-3H,(H-,12,13,14). The third kappa shape index (κ3) is 1.26. The quantitative estimate of drug-likeness (QED) is 0.646. The summed E-state index contributed by atoms with van der Waals surface area (Å²) in [4.78, 5) is 14.1. The highest BCUT2D eigenvalue weighted by molar-refractivity contribution is 5.82. The van der Waals surface area contributed by atoms with Crippen LogP contribution in [0.2, 0.25) is 0 Å². The Hall–Kier alpha value is -2.55. The van der Waals surface area contributed by atoms with Crippen molar-refractivity contribution in [2.24, 2.45) is 0 Å². The third-order valence-electron chi connectivity index (χ3n) is 1.92. The van der Waals surface area contributed by atoms with Crippen molar-refractivity contribution in [3.05, 3.63) is 33.4 Å². The van der Waals surface area contributed by atoms with Crippen molar-refractivity contribution in [2.75, 3.05) is 0 Å². The van der Waals surface area contributed by atoms with E-state index in [0.717, 1.165) is 6.07 Å². The van der Waals surface area contributed by atoms with Crippen molar-refractivity contribution in [3.8, 4) is 11.7 Å². The van der Waals surface area contributed by atoms with Crippen molar-refractivity contribution >= 4 is 16.7 Å². The first-order chi connectivity index (χ1) is 7.13. The second-order valence-corrected chi connectivity index (χ2v) is 2.85. The molecule has 1 N–H and O–H groups in total. The lowest BCUT2D eigenvalue weighted by molar-refractivity contribution is -0.292. The molecule has 1 heterocycles. The fraction of sp³-hybridized carbons (Fsp3) is 0. The Morgan fingerprint density at radius 3 is 2.87 bits per heavy atom. The zero-order valence-electron chi connectivity index (χ0n) is 7.30. The van der Waals surface area contributed by atoms with Gasteiger partial charge in [0.25, 0.3) is 5.43 Å². The van der Waals surface area contributed by atoms with E-state index >= 15 is 0 Å². The summed E-state index contributed by atoms with van der Waals surface area (Å²) < 4.78 is 4.70. The predicted octanol–water partition coefficient (Wildman–Crippen LogP) is 1.06. The molecule has 0 atom stereocenters. The molecule has 0 spiro atoms. The van der Waals surface area contributed by atoms with Crippen LogP contribution in [-0.4, -0.2) is 5.11 Å². The van der Waals surface area contributed by atoms with E-state index in [4.69, 9.17) is 14.9 Å². The predicted molar refractivity (Wildman–Crippen MR) is 48.3 cm³/mol. The second-order valence-electron chi connectivity index (χ2n) is 2.85. The van der Waals surface area contributed by atoms with Gasteiger partial charge >= 0.3 is 5.69 Å². The largest absolute Gasteiger partial charge is 0.573 e. The number of benzene rings is 1. The smallest absolute Gasteiger partial charge is 0.454 e. The van der Waals surface area contributed by atoms with E-state index in [0.29, 0.717) is 0 Å². The molecule has 2 aromatic rings. The van der Waals surface area contributed by atoms with Gasteiger partial charge in [-0.15, -0.1) is 0 Å². The molecule has 6 nitrogen and oxygen atoms in total. The van der Waals surface area contributed by atoms with Crippen molar-refractivity contribution < 1.29 is 14.6 Å². The number of hydrogen-bond donors (Lipinski definition) is 1. The van der Waals surface area contributed by atoms with Gasteiger partial charge in [-0.05, 0) is 18.2 Å². The Morgan fingerprint density at radius 1 is 1.47 bits per heavy atom. The lowest BCUT2D eigenvalue weighted by Gasteiger charge is -2.03. The van der Waals surface area contributed by atoms with Gasteiger partial charge in [-0.2, -0.15) is 0 Å². The molecule has 0 aliphatic rings. The molecule has 0 saturated heterocycles. The van der Waals surface area contributed by atoms with Crippen LogP contribution in [0, 0.1) is 5.39 Å². The van der Waals surface area contributed by atoms with E-state index < -0.39 is 17.1 Å². The number of rotatable bonds is 0. The molecule has 0 aliphatic heterocycles. The van der Waals surface area contributed by atoms with Crippen molar-refractivity contribution in [1.82, 2.24) is 0 Å². The van der Waals surface area contributed by atoms with E-state index in [9.17, 15) is 9.90 Å². The molecular formula is C9H4N2O4. The third-order valence-corrected chi connectivity index (χ3v) is 1.92. The summed E-state index contributed by atoms with van der Waals surface area (Å²) in [5.74, 6) is -1.15. The summed E-state index contributed by atoms with van der Waals surface area (Å²) in [5.41, 5.74) is -1.44. The minimum Gasteiger partial charge on any atom is -0.573 e. The Labute approximate surface area is 82.6 Å². The highest BCUT2D eigenvalue weighted by Gasteiger charge is 2.17. The molecule has 0 radical (unpaired) electrons. The first-order valence-corrected chi connectivity index (χ1v) is 3.95. The van der Waals surface area contributed by atoms with E-state index in [1.54, 1.807) is 0 Å². The van der Waals surface area contributed by atoms with Gasteiger partial charge < -0.3 is 14.6 Å². The number of phenols is 1. The van der Waals surface area contributed by atoms with Crippen molar-refractivity contribution in [1.29, 1.82) is 5.39 Å². The molecule has 2 rings (SSSR count). The summed E-state index contributed by atoms with van der Waals surface area (Å²) >= 11 is 0. The van der Waals surface area contributed by atoms with Crippen LogP contribution >= 0.6 is 0 Å². The van der Waals surface area contributed by atoms with Crippen LogP contribution in [0.5, 0.6) is 11.7 Å². The first-order valence-electron chi connectivity index (χ1n) is 3.95. The van der Waals surface area contributed by atoms with Gasteiger partial charge in [-0.25, -0.2) is 0 Å². The van der Waals surface area contributed by atoms with Crippen LogP contribution < -0.4 is 10.5 Å². The minimum absolute atomic E-state index is 0.0117. The van der Waals surface area contributed by atoms with Crippen molar-refractivity contribution in [2.45, 2.75) is 0 Å². The van der Waals surface area contributed by atoms with E-state index in [1.807, 2.05) is 0 Å². The van der Waals surface area contributed by atoms with Gasteiger partial charge in [0.15, 0.2) is 10.9 Å². The molecule has 6 heteroatoms. The van der Waals surface area contributed by atoms with Crippen LogP contribution in [0.3, 0.4) is 0 Å². The maximum absolute atomic E-state index is 11.5. The highest BCUT2D eigenvalue weighted by Crippen LogP contribution is 2.26. The number of fused-ring (bicyclic) bond motifs is 1. The molecule has 0 aliphatic carbocycles. The summed E-state index contributed by atoms with van der Waals surface area (Å²) in [6.45, 7) is 0. The summed E-state index contributed by atoms with van der Waals surface area (Å²) in [5, 5.41) is 28.6. The second kappa shape index (κ2) is 2.99. The molecule has 0 bridgehead atoms. The van der Waals surface area contributed by atoms with Crippen molar-refractivity contribution in [3.63, 3.8) is 0 Å². The minimum atomic E-state index is -1.01. The van der Waals surface area contributed by atoms with Gasteiger partial charge in [0.2, 0.25) is 5.39 Å². The molecule has 15 heavy (non-hydrogen) atoms. The zero-order chi connectivity index (χ0) is 11.0. The molecule has 0 amide bonds. The fourth-order valence-corrected chi connectivity index (χ4v) is 1.24. The van der Waals surface area contributed by atoms with Gasteiger partial charge in [0.1, 0.15) is 5.75 Å². The number of aromatic hydroxyl groups is 1. The van der Waals surface area contributed by atoms with Crippen LogP contribution in [0.15, 0.2) is 27.4 Å². The Bertz CT molecular complexity index is 639. The highest BCUT2D eigenvalue weighted by atomic mass is 16.5. The maximum atomic E-state index is 11.5. The topological polar surface area (TPSA) is 102 Å². The number of hydrogen-bond acceptors (Lipinski definition) is 5. The van der Waals surface area contributed by atoms with E-state index in [2.05, 4.69) is 4.98 Å². The summed E-state index contributed by atoms with van der Waals surface area (Å²) in [6, 6.07) is 3.70. The lowest BCUT2D eigenvalue weighted by atomic mass is 10.2. The first kappa shape index (κ1) is 9.02. The van der Waals surface area contributed by atoms with Crippen LogP contribution in [0.4, 0.5) is 5.69 Å². The van der Waals surface area contributed by atoms with Crippen LogP contribution in [-0.2, 0) is 0 Å². The molecular weight excluding hydrogens is 200 g/mol. The Morgan fingerprint density at radius 2 is 2.20 bits per heavy atom. The van der Waals surface area contributed by atoms with Crippen LogP contribution in [0.25, 0.3) is 15.9 Å². The molecule has 0 fully saturated rings. The fourth-order valence-electron chi connectivity index (χ4n) is 1.24. The Balaban J connectivity index is 3.01. The van der Waals surface area contributed by atoms with Gasteiger partial charge in [-0.1, -0.05) is 0 Å². The monoisotopic (exact) mass is 204 g/mol. The normalized spacial score (nSPS) is 10.1. The lowest BCUT2D eigenvalue weighted by Crippen LogP contribution is -2.04. The van der Waals surface area contributed by atoms with Gasteiger partial charge in [0.05, 0.1) is 0 Å². The average Bonchev–Trinajstić information content (AvgIpc) is 2.20.